The first-order valence-corrected chi connectivity index (χ1v) is 4.85. The molecule has 1 heterocycles. The predicted molar refractivity (Wildman–Crippen MR) is 52.1 cm³/mol. The van der Waals surface area contributed by atoms with E-state index in [1.54, 1.807) is 7.05 Å². The van der Waals surface area contributed by atoms with Crippen molar-refractivity contribution in [3.63, 3.8) is 0 Å². The Hall–Kier alpha value is -1.30. The molecule has 0 saturated carbocycles. The monoisotopic (exact) mass is 216 g/mol. The van der Waals surface area contributed by atoms with Gasteiger partial charge in [0.15, 0.2) is 0 Å². The van der Waals surface area contributed by atoms with E-state index in [-0.39, 0.29) is 11.8 Å². The van der Waals surface area contributed by atoms with Gasteiger partial charge in [0.05, 0.1) is 7.11 Å². The zero-order valence-corrected chi connectivity index (χ0v) is 8.97. The van der Waals surface area contributed by atoms with Gasteiger partial charge in [-0.25, -0.2) is 9.86 Å². The van der Waals surface area contributed by atoms with E-state index in [1.165, 1.54) is 17.1 Å². The Labute approximate surface area is 88.4 Å². The van der Waals surface area contributed by atoms with Gasteiger partial charge in [-0.1, -0.05) is 0 Å². The SMILES string of the molecule is CON(C)C(=O)C1CCN(C(=O)O)CC1. The summed E-state index contributed by atoms with van der Waals surface area (Å²) in [5.74, 6) is -0.201. The van der Waals surface area contributed by atoms with Gasteiger partial charge < -0.3 is 10.0 Å². The number of carboxylic acid groups (broad SMARTS) is 1. The highest BCUT2D eigenvalue weighted by Crippen LogP contribution is 2.19. The fourth-order valence-electron chi connectivity index (χ4n) is 1.66. The summed E-state index contributed by atoms with van der Waals surface area (Å²) in [5, 5.41) is 9.92. The molecule has 1 fully saturated rings. The number of carbonyl (C=O) groups excluding carboxylic acids is 1. The van der Waals surface area contributed by atoms with Gasteiger partial charge >= 0.3 is 6.09 Å². The maximum atomic E-state index is 11.6. The Morgan fingerprint density at radius 2 is 1.93 bits per heavy atom. The summed E-state index contributed by atoms with van der Waals surface area (Å²) in [6.45, 7) is 0.840. The van der Waals surface area contributed by atoms with Crippen LogP contribution in [0.3, 0.4) is 0 Å². The third-order valence-corrected chi connectivity index (χ3v) is 2.70. The van der Waals surface area contributed by atoms with Gasteiger partial charge in [-0.15, -0.1) is 0 Å². The van der Waals surface area contributed by atoms with E-state index in [1.807, 2.05) is 0 Å². The lowest BCUT2D eigenvalue weighted by atomic mass is 9.96. The molecule has 1 saturated heterocycles. The Morgan fingerprint density at radius 1 is 1.40 bits per heavy atom. The minimum Gasteiger partial charge on any atom is -0.465 e. The van der Waals surface area contributed by atoms with Crippen LogP contribution in [0.4, 0.5) is 4.79 Å². The van der Waals surface area contributed by atoms with Gasteiger partial charge in [-0.3, -0.25) is 9.63 Å². The number of hydroxylamine groups is 2. The van der Waals surface area contributed by atoms with Gasteiger partial charge in [-0.2, -0.15) is 0 Å². The summed E-state index contributed by atoms with van der Waals surface area (Å²) < 4.78 is 0. The molecule has 2 amide bonds. The topological polar surface area (TPSA) is 70.1 Å². The van der Waals surface area contributed by atoms with Crippen molar-refractivity contribution in [2.24, 2.45) is 5.92 Å². The normalized spacial score (nSPS) is 17.6. The molecule has 0 radical (unpaired) electrons. The third kappa shape index (κ3) is 2.82. The van der Waals surface area contributed by atoms with E-state index >= 15 is 0 Å². The lowest BCUT2D eigenvalue weighted by molar-refractivity contribution is -0.174. The van der Waals surface area contributed by atoms with Crippen molar-refractivity contribution < 1.29 is 19.5 Å². The first-order valence-electron chi connectivity index (χ1n) is 4.85. The molecule has 0 aromatic carbocycles. The molecule has 0 bridgehead atoms. The molecule has 0 unspecified atom stereocenters. The largest absolute Gasteiger partial charge is 0.465 e. The number of amides is 2. The molecule has 0 spiro atoms. The molecule has 6 nitrogen and oxygen atoms in total. The van der Waals surface area contributed by atoms with Crippen molar-refractivity contribution in [3.8, 4) is 0 Å². The zero-order valence-electron chi connectivity index (χ0n) is 8.97. The summed E-state index contributed by atoms with van der Waals surface area (Å²) in [6.07, 6.45) is 0.221. The Morgan fingerprint density at radius 3 is 2.33 bits per heavy atom. The van der Waals surface area contributed by atoms with E-state index < -0.39 is 6.09 Å². The Bertz CT molecular complexity index is 248. The lowest BCUT2D eigenvalue weighted by Gasteiger charge is -2.30. The molecule has 1 aliphatic heterocycles. The summed E-state index contributed by atoms with van der Waals surface area (Å²) >= 11 is 0. The highest BCUT2D eigenvalue weighted by molar-refractivity contribution is 5.78. The molecule has 0 aromatic heterocycles. The number of hydrogen-bond acceptors (Lipinski definition) is 3. The summed E-state index contributed by atoms with van der Waals surface area (Å²) in [4.78, 5) is 28.4. The average Bonchev–Trinajstić information content (AvgIpc) is 2.27. The number of piperidine rings is 1. The van der Waals surface area contributed by atoms with Crippen LogP contribution in [-0.4, -0.2) is 54.3 Å². The molecule has 15 heavy (non-hydrogen) atoms. The molecule has 0 aliphatic carbocycles. The Kier molecular flexibility index (Phi) is 3.90. The summed E-state index contributed by atoms with van der Waals surface area (Å²) in [7, 11) is 3.00. The van der Waals surface area contributed by atoms with Crippen LogP contribution in [0, 0.1) is 5.92 Å². The molecular formula is C9H16N2O4. The van der Waals surface area contributed by atoms with E-state index in [0.29, 0.717) is 25.9 Å². The number of likely N-dealkylation sites (tertiary alicyclic amines) is 1. The maximum absolute atomic E-state index is 11.6. The van der Waals surface area contributed by atoms with Crippen molar-refractivity contribution in [2.75, 3.05) is 27.2 Å². The molecule has 1 N–H and O–H groups in total. The van der Waals surface area contributed by atoms with Gasteiger partial charge in [0.2, 0.25) is 5.91 Å². The number of nitrogens with zero attached hydrogens (tertiary/aromatic N) is 2. The first kappa shape index (κ1) is 11.8. The van der Waals surface area contributed by atoms with Crippen LogP contribution >= 0.6 is 0 Å². The standard InChI is InChI=1S/C9H16N2O4/c1-10(15-2)8(12)7-3-5-11(6-4-7)9(13)14/h7H,3-6H2,1-2H3,(H,13,14). The van der Waals surface area contributed by atoms with Crippen LogP contribution < -0.4 is 0 Å². The number of carbonyl (C=O) groups is 2. The smallest absolute Gasteiger partial charge is 0.407 e. The fourth-order valence-corrected chi connectivity index (χ4v) is 1.66. The first-order chi connectivity index (χ1) is 7.06. The number of rotatable bonds is 2. The average molecular weight is 216 g/mol. The van der Waals surface area contributed by atoms with Crippen LogP contribution in [0.1, 0.15) is 12.8 Å². The molecule has 1 aliphatic rings. The van der Waals surface area contributed by atoms with Crippen LogP contribution in [0.15, 0.2) is 0 Å². The van der Waals surface area contributed by atoms with Crippen LogP contribution in [0.5, 0.6) is 0 Å². The second kappa shape index (κ2) is 4.97. The molecule has 1 rings (SSSR count). The lowest BCUT2D eigenvalue weighted by Crippen LogP contribution is -2.42. The summed E-state index contributed by atoms with van der Waals surface area (Å²) in [5.41, 5.74) is 0. The molecule has 0 aromatic rings. The zero-order chi connectivity index (χ0) is 11.4. The second-order valence-electron chi connectivity index (χ2n) is 3.56. The van der Waals surface area contributed by atoms with Crippen molar-refractivity contribution >= 4 is 12.0 Å². The van der Waals surface area contributed by atoms with Crippen molar-refractivity contribution in [1.82, 2.24) is 9.96 Å². The molecule has 6 heteroatoms. The van der Waals surface area contributed by atoms with E-state index in [0.717, 1.165) is 0 Å². The van der Waals surface area contributed by atoms with Gasteiger partial charge in [0, 0.05) is 26.1 Å². The minimum absolute atomic E-state index is 0.0810. The van der Waals surface area contributed by atoms with Crippen LogP contribution in [0.2, 0.25) is 0 Å². The van der Waals surface area contributed by atoms with Crippen LogP contribution in [0.25, 0.3) is 0 Å². The van der Waals surface area contributed by atoms with Crippen LogP contribution in [-0.2, 0) is 9.63 Å². The third-order valence-electron chi connectivity index (χ3n) is 2.70. The molecular weight excluding hydrogens is 200 g/mol. The predicted octanol–water partition coefficient (Wildman–Crippen LogP) is 0.396. The minimum atomic E-state index is -0.916. The number of hydrogen-bond donors (Lipinski definition) is 1. The highest BCUT2D eigenvalue weighted by atomic mass is 16.7. The quantitative estimate of drug-likeness (QED) is 0.678. The van der Waals surface area contributed by atoms with E-state index in [9.17, 15) is 9.59 Å². The van der Waals surface area contributed by atoms with E-state index in [2.05, 4.69) is 0 Å². The summed E-state index contributed by atoms with van der Waals surface area (Å²) in [6, 6.07) is 0. The fraction of sp³-hybridized carbons (Fsp3) is 0.778. The van der Waals surface area contributed by atoms with Gasteiger partial charge in [0.1, 0.15) is 0 Å². The van der Waals surface area contributed by atoms with Crippen molar-refractivity contribution in [1.29, 1.82) is 0 Å². The molecule has 86 valence electrons. The van der Waals surface area contributed by atoms with Crippen molar-refractivity contribution in [3.05, 3.63) is 0 Å². The Balaban J connectivity index is 2.43. The van der Waals surface area contributed by atoms with Gasteiger partial charge in [-0.05, 0) is 12.8 Å². The maximum Gasteiger partial charge on any atom is 0.407 e. The second-order valence-corrected chi connectivity index (χ2v) is 3.56. The van der Waals surface area contributed by atoms with Gasteiger partial charge in [0.25, 0.3) is 0 Å². The van der Waals surface area contributed by atoms with Crippen molar-refractivity contribution in [2.45, 2.75) is 12.8 Å². The highest BCUT2D eigenvalue weighted by Gasteiger charge is 2.28. The van der Waals surface area contributed by atoms with E-state index in [4.69, 9.17) is 9.94 Å². The molecule has 0 atom stereocenters.